The summed E-state index contributed by atoms with van der Waals surface area (Å²) in [6, 6.07) is 21.9. The van der Waals surface area contributed by atoms with E-state index in [0.717, 1.165) is 44.9 Å². The third-order valence-corrected chi connectivity index (χ3v) is 6.55. The van der Waals surface area contributed by atoms with E-state index in [0.29, 0.717) is 13.0 Å². The molecule has 1 N–H and O–H groups in total. The second-order valence-electron chi connectivity index (χ2n) is 8.38. The molecule has 3 aromatic carbocycles. The van der Waals surface area contributed by atoms with Crippen LogP contribution < -0.4 is 4.74 Å². The van der Waals surface area contributed by atoms with Gasteiger partial charge in [-0.2, -0.15) is 0 Å². The molecule has 1 amide bonds. The number of hydrogen-bond donors (Lipinski definition) is 1. The van der Waals surface area contributed by atoms with Crippen LogP contribution in [0.4, 0.5) is 0 Å². The minimum absolute atomic E-state index is 0.122. The summed E-state index contributed by atoms with van der Waals surface area (Å²) in [5, 5.41) is 1.86. The van der Waals surface area contributed by atoms with E-state index in [1.165, 1.54) is 11.1 Å². The predicted octanol–water partition coefficient (Wildman–Crippen LogP) is 5.86. The van der Waals surface area contributed by atoms with Crippen LogP contribution in [0, 0.1) is 6.92 Å². The smallest absolute Gasteiger partial charge is 0.227 e. The molecule has 32 heavy (non-hydrogen) atoms. The number of hydrogen-bond acceptors (Lipinski definition) is 2. The van der Waals surface area contributed by atoms with E-state index in [-0.39, 0.29) is 11.9 Å². The Kier molecular flexibility index (Phi) is 5.40. The number of carbonyl (C=O) groups is 1. The fraction of sp³-hybridized carbons (Fsp3) is 0.222. The Morgan fingerprint density at radius 2 is 1.84 bits per heavy atom. The molecular formula is C27H25ClN2O2. The summed E-state index contributed by atoms with van der Waals surface area (Å²) in [7, 11) is 1.66. The fourth-order valence-corrected chi connectivity index (χ4v) is 4.82. The van der Waals surface area contributed by atoms with Gasteiger partial charge in [0.15, 0.2) is 0 Å². The van der Waals surface area contributed by atoms with Crippen molar-refractivity contribution in [3.8, 4) is 5.75 Å². The first-order valence-electron chi connectivity index (χ1n) is 10.8. The van der Waals surface area contributed by atoms with Crippen LogP contribution in [-0.2, 0) is 17.6 Å². The lowest BCUT2D eigenvalue weighted by Gasteiger charge is -2.36. The molecule has 1 atom stereocenters. The lowest BCUT2D eigenvalue weighted by molar-refractivity contribution is -0.132. The first kappa shape index (κ1) is 20.7. The summed E-state index contributed by atoms with van der Waals surface area (Å²) in [4.78, 5) is 19.1. The average Bonchev–Trinajstić information content (AvgIpc) is 3.18. The van der Waals surface area contributed by atoms with Crippen LogP contribution >= 0.6 is 11.6 Å². The van der Waals surface area contributed by atoms with E-state index in [1.807, 2.05) is 59.5 Å². The monoisotopic (exact) mass is 444 g/mol. The van der Waals surface area contributed by atoms with Gasteiger partial charge in [0.2, 0.25) is 5.91 Å². The third kappa shape index (κ3) is 3.76. The third-order valence-electron chi connectivity index (χ3n) is 6.32. The van der Waals surface area contributed by atoms with Crippen molar-refractivity contribution in [3.05, 3.63) is 99.7 Å². The number of benzene rings is 3. The Balaban J connectivity index is 1.57. The predicted molar refractivity (Wildman–Crippen MR) is 128 cm³/mol. The maximum Gasteiger partial charge on any atom is 0.227 e. The zero-order valence-electron chi connectivity index (χ0n) is 18.2. The SMILES string of the molecule is COc1ccc(C2c3[nH]c4ccc(Cl)cc4c3CCN2C(=O)Cc2ccc(C)cc2)cc1. The Morgan fingerprint density at radius 1 is 1.09 bits per heavy atom. The highest BCUT2D eigenvalue weighted by Crippen LogP contribution is 2.39. The van der Waals surface area contributed by atoms with Gasteiger partial charge in [0, 0.05) is 28.2 Å². The molecule has 2 heterocycles. The van der Waals surface area contributed by atoms with E-state index < -0.39 is 0 Å². The molecule has 5 heteroatoms. The van der Waals surface area contributed by atoms with Gasteiger partial charge in [0.1, 0.15) is 5.75 Å². The lowest BCUT2D eigenvalue weighted by Crippen LogP contribution is -2.41. The van der Waals surface area contributed by atoms with Crippen LogP contribution in [0.25, 0.3) is 10.9 Å². The molecule has 4 nitrogen and oxygen atoms in total. The molecule has 1 unspecified atom stereocenters. The molecule has 1 aliphatic heterocycles. The summed E-state index contributed by atoms with van der Waals surface area (Å²) < 4.78 is 5.35. The number of ether oxygens (including phenoxy) is 1. The van der Waals surface area contributed by atoms with E-state index in [4.69, 9.17) is 16.3 Å². The second kappa shape index (κ2) is 8.36. The number of nitrogens with one attached hydrogen (secondary N) is 1. The normalized spacial score (nSPS) is 15.6. The molecule has 0 saturated carbocycles. The van der Waals surface area contributed by atoms with Gasteiger partial charge in [-0.3, -0.25) is 4.79 Å². The largest absolute Gasteiger partial charge is 0.497 e. The minimum Gasteiger partial charge on any atom is -0.497 e. The first-order valence-corrected chi connectivity index (χ1v) is 11.2. The Labute approximate surface area is 192 Å². The fourth-order valence-electron chi connectivity index (χ4n) is 4.64. The van der Waals surface area contributed by atoms with Crippen molar-refractivity contribution in [2.45, 2.75) is 25.8 Å². The maximum absolute atomic E-state index is 13.5. The van der Waals surface area contributed by atoms with Crippen molar-refractivity contribution in [3.63, 3.8) is 0 Å². The van der Waals surface area contributed by atoms with Crippen LogP contribution in [-0.4, -0.2) is 29.4 Å². The highest BCUT2D eigenvalue weighted by atomic mass is 35.5. The van der Waals surface area contributed by atoms with Crippen molar-refractivity contribution in [1.82, 2.24) is 9.88 Å². The molecule has 0 fully saturated rings. The molecule has 0 saturated heterocycles. The number of aromatic nitrogens is 1. The highest BCUT2D eigenvalue weighted by molar-refractivity contribution is 6.31. The van der Waals surface area contributed by atoms with Crippen LogP contribution in [0.3, 0.4) is 0 Å². The molecule has 0 aliphatic carbocycles. The van der Waals surface area contributed by atoms with Gasteiger partial charge in [-0.1, -0.05) is 53.6 Å². The number of halogens is 1. The number of fused-ring (bicyclic) bond motifs is 3. The number of H-pyrrole nitrogens is 1. The molecule has 0 radical (unpaired) electrons. The number of amides is 1. The summed E-state index contributed by atoms with van der Waals surface area (Å²) >= 11 is 6.29. The number of rotatable bonds is 4. The van der Waals surface area contributed by atoms with Gasteiger partial charge in [-0.15, -0.1) is 0 Å². The van der Waals surface area contributed by atoms with Crippen LogP contribution in [0.5, 0.6) is 5.75 Å². The number of aryl methyl sites for hydroxylation is 1. The van der Waals surface area contributed by atoms with Gasteiger partial charge in [0.25, 0.3) is 0 Å². The molecule has 4 aromatic rings. The Bertz CT molecular complexity index is 1280. The average molecular weight is 445 g/mol. The van der Waals surface area contributed by atoms with E-state index in [9.17, 15) is 4.79 Å². The number of methoxy groups -OCH3 is 1. The van der Waals surface area contributed by atoms with Crippen LogP contribution in [0.15, 0.2) is 66.7 Å². The summed E-state index contributed by atoms with van der Waals surface area (Å²) in [5.74, 6) is 0.919. The minimum atomic E-state index is -0.186. The van der Waals surface area contributed by atoms with Crippen molar-refractivity contribution in [2.24, 2.45) is 0 Å². The second-order valence-corrected chi connectivity index (χ2v) is 8.82. The van der Waals surface area contributed by atoms with E-state index in [1.54, 1.807) is 7.11 Å². The Hall–Kier alpha value is -3.24. The van der Waals surface area contributed by atoms with Crippen LogP contribution in [0.1, 0.15) is 34.0 Å². The number of aromatic amines is 1. The standard InChI is InChI=1S/C27H25ClN2O2/c1-17-3-5-18(6-4-17)15-25(31)30-14-13-22-23-16-20(28)9-12-24(23)29-26(22)27(30)19-7-10-21(32-2)11-8-19/h3-12,16,27,29H,13-15H2,1-2H3. The summed E-state index contributed by atoms with van der Waals surface area (Å²) in [6.07, 6.45) is 1.18. The molecule has 1 aliphatic rings. The van der Waals surface area contributed by atoms with Gasteiger partial charge in [0.05, 0.1) is 19.6 Å². The highest BCUT2D eigenvalue weighted by Gasteiger charge is 2.34. The first-order chi connectivity index (χ1) is 15.5. The Morgan fingerprint density at radius 3 is 2.56 bits per heavy atom. The van der Waals surface area contributed by atoms with Gasteiger partial charge >= 0.3 is 0 Å². The summed E-state index contributed by atoms with van der Waals surface area (Å²) in [5.41, 5.74) is 6.63. The topological polar surface area (TPSA) is 45.3 Å². The molecule has 1 aromatic heterocycles. The number of nitrogens with zero attached hydrogens (tertiary/aromatic N) is 1. The quantitative estimate of drug-likeness (QED) is 0.428. The summed E-state index contributed by atoms with van der Waals surface area (Å²) in [6.45, 7) is 2.72. The lowest BCUT2D eigenvalue weighted by atomic mass is 9.91. The molecule has 162 valence electrons. The van der Waals surface area contributed by atoms with Crippen molar-refractivity contribution < 1.29 is 9.53 Å². The van der Waals surface area contributed by atoms with E-state index >= 15 is 0 Å². The zero-order valence-corrected chi connectivity index (χ0v) is 18.9. The van der Waals surface area contributed by atoms with Crippen molar-refractivity contribution in [2.75, 3.05) is 13.7 Å². The zero-order chi connectivity index (χ0) is 22.2. The van der Waals surface area contributed by atoms with Crippen molar-refractivity contribution >= 4 is 28.4 Å². The van der Waals surface area contributed by atoms with E-state index in [2.05, 4.69) is 24.0 Å². The molecule has 0 spiro atoms. The molecule has 5 rings (SSSR count). The molecular weight excluding hydrogens is 420 g/mol. The van der Waals surface area contributed by atoms with Crippen LogP contribution in [0.2, 0.25) is 5.02 Å². The van der Waals surface area contributed by atoms with Gasteiger partial charge in [-0.05, 0) is 60.4 Å². The van der Waals surface area contributed by atoms with Gasteiger partial charge < -0.3 is 14.6 Å². The number of carbonyl (C=O) groups excluding carboxylic acids is 1. The maximum atomic E-state index is 13.5. The van der Waals surface area contributed by atoms with Gasteiger partial charge in [-0.25, -0.2) is 0 Å². The van der Waals surface area contributed by atoms with Crippen molar-refractivity contribution in [1.29, 1.82) is 0 Å². The molecule has 0 bridgehead atoms.